The fourth-order valence-corrected chi connectivity index (χ4v) is 1.62. The molecule has 0 spiro atoms. The maximum atomic E-state index is 10.3. The molecule has 0 aliphatic carbocycles. The molecule has 0 amide bonds. The lowest BCUT2D eigenvalue weighted by Crippen LogP contribution is -2.23. The maximum absolute atomic E-state index is 10.3. The number of nitrogens with zero attached hydrogens (tertiary/aromatic N) is 1. The molecule has 0 unspecified atom stereocenters. The zero-order valence-electron chi connectivity index (χ0n) is 6.51. The zero-order valence-corrected chi connectivity index (χ0v) is 7.32. The number of rotatable bonds is 3. The lowest BCUT2D eigenvalue weighted by Gasteiger charge is -2.09. The first-order valence-electron chi connectivity index (χ1n) is 3.48. The van der Waals surface area contributed by atoms with Crippen LogP contribution in [0.4, 0.5) is 0 Å². The number of aliphatic hydroxyl groups is 1. The molecule has 12 heavy (non-hydrogen) atoms. The third-order valence-corrected chi connectivity index (χ3v) is 2.57. The molecule has 5 heteroatoms. The molecule has 0 aliphatic rings. The summed E-state index contributed by atoms with van der Waals surface area (Å²) in [4.78, 5) is 10.4. The van der Waals surface area contributed by atoms with Crippen LogP contribution in [0, 0.1) is 10.1 Å². The van der Waals surface area contributed by atoms with E-state index >= 15 is 0 Å². The summed E-state index contributed by atoms with van der Waals surface area (Å²) in [6.45, 7) is 1.39. The Morgan fingerprint density at radius 1 is 1.75 bits per heavy atom. The van der Waals surface area contributed by atoms with Crippen molar-refractivity contribution in [1.82, 2.24) is 0 Å². The van der Waals surface area contributed by atoms with Gasteiger partial charge in [-0.25, -0.2) is 0 Å². The number of thiophene rings is 1. The lowest BCUT2D eigenvalue weighted by molar-refractivity contribution is -0.531. The SMILES string of the molecule is C[C@@H]([C@@H](O)c1cccs1)[N+](=O)[O-]. The van der Waals surface area contributed by atoms with Crippen LogP contribution in [0.5, 0.6) is 0 Å². The van der Waals surface area contributed by atoms with E-state index in [1.807, 2.05) is 0 Å². The minimum Gasteiger partial charge on any atom is -0.380 e. The molecule has 1 heterocycles. The van der Waals surface area contributed by atoms with E-state index in [9.17, 15) is 15.2 Å². The van der Waals surface area contributed by atoms with Crippen molar-refractivity contribution in [3.05, 3.63) is 32.5 Å². The average Bonchev–Trinajstić information content (AvgIpc) is 2.53. The lowest BCUT2D eigenvalue weighted by atomic mass is 10.2. The minimum atomic E-state index is -0.986. The van der Waals surface area contributed by atoms with Crippen molar-refractivity contribution < 1.29 is 10.0 Å². The molecule has 0 saturated heterocycles. The van der Waals surface area contributed by atoms with Gasteiger partial charge in [0, 0.05) is 16.7 Å². The first-order chi connectivity index (χ1) is 5.63. The third-order valence-electron chi connectivity index (χ3n) is 1.62. The summed E-state index contributed by atoms with van der Waals surface area (Å²) in [6.07, 6.45) is -0.986. The Labute approximate surface area is 73.6 Å². The quantitative estimate of drug-likeness (QED) is 0.575. The van der Waals surface area contributed by atoms with Crippen LogP contribution in [0.1, 0.15) is 17.9 Å². The monoisotopic (exact) mass is 187 g/mol. The molecule has 1 aromatic heterocycles. The van der Waals surface area contributed by atoms with Gasteiger partial charge in [0.2, 0.25) is 6.04 Å². The van der Waals surface area contributed by atoms with Gasteiger partial charge in [-0.2, -0.15) is 0 Å². The molecule has 0 fully saturated rings. The molecule has 0 bridgehead atoms. The number of hydrogen-bond donors (Lipinski definition) is 1. The summed E-state index contributed by atoms with van der Waals surface area (Å²) in [5, 5.41) is 21.5. The Hall–Kier alpha value is -0.940. The molecule has 4 nitrogen and oxygen atoms in total. The third kappa shape index (κ3) is 1.80. The molecule has 66 valence electrons. The number of nitro groups is 1. The first-order valence-corrected chi connectivity index (χ1v) is 4.36. The second-order valence-electron chi connectivity index (χ2n) is 2.49. The van der Waals surface area contributed by atoms with Crippen molar-refractivity contribution in [1.29, 1.82) is 0 Å². The van der Waals surface area contributed by atoms with Gasteiger partial charge in [0.05, 0.1) is 0 Å². The Balaban J connectivity index is 2.71. The largest absolute Gasteiger partial charge is 0.380 e. The fourth-order valence-electron chi connectivity index (χ4n) is 0.813. The van der Waals surface area contributed by atoms with Crippen LogP contribution in [0.3, 0.4) is 0 Å². The van der Waals surface area contributed by atoms with E-state index in [1.165, 1.54) is 18.3 Å². The zero-order chi connectivity index (χ0) is 9.14. The van der Waals surface area contributed by atoms with Crippen LogP contribution < -0.4 is 0 Å². The molecular formula is C7H9NO3S. The number of hydrogen-bond acceptors (Lipinski definition) is 4. The Kier molecular flexibility index (Phi) is 2.78. The van der Waals surface area contributed by atoms with Gasteiger partial charge in [-0.1, -0.05) is 6.07 Å². The molecule has 0 radical (unpaired) electrons. The highest BCUT2D eigenvalue weighted by Gasteiger charge is 2.26. The minimum absolute atomic E-state index is 0.482. The molecule has 0 saturated carbocycles. The van der Waals surface area contributed by atoms with Crippen LogP contribution in [-0.2, 0) is 0 Å². The van der Waals surface area contributed by atoms with E-state index in [0.29, 0.717) is 4.88 Å². The van der Waals surface area contributed by atoms with E-state index < -0.39 is 17.1 Å². The molecule has 1 N–H and O–H groups in total. The highest BCUT2D eigenvalue weighted by Crippen LogP contribution is 2.22. The van der Waals surface area contributed by atoms with E-state index in [2.05, 4.69) is 0 Å². The van der Waals surface area contributed by atoms with Gasteiger partial charge >= 0.3 is 0 Å². The second kappa shape index (κ2) is 3.64. The topological polar surface area (TPSA) is 63.4 Å². The van der Waals surface area contributed by atoms with Crippen LogP contribution in [0.2, 0.25) is 0 Å². The summed E-state index contributed by atoms with van der Waals surface area (Å²) in [5.41, 5.74) is 0. The summed E-state index contributed by atoms with van der Waals surface area (Å²) in [5.74, 6) is 0. The Bertz CT molecular complexity index is 260. The van der Waals surface area contributed by atoms with Crippen molar-refractivity contribution >= 4 is 11.3 Å². The first kappa shape index (κ1) is 9.15. The standard InChI is InChI=1S/C7H9NO3S/c1-5(8(10)11)7(9)6-3-2-4-12-6/h2-5,7,9H,1H3/t5-,7+/m0/s1. The molecule has 2 atom stereocenters. The van der Waals surface area contributed by atoms with Gasteiger partial charge in [-0.05, 0) is 11.4 Å². The molecular weight excluding hydrogens is 178 g/mol. The molecule has 0 aliphatic heterocycles. The van der Waals surface area contributed by atoms with Gasteiger partial charge < -0.3 is 5.11 Å². The summed E-state index contributed by atoms with van der Waals surface area (Å²) in [6, 6.07) is 2.51. The smallest absolute Gasteiger partial charge is 0.240 e. The number of aliphatic hydroxyl groups excluding tert-OH is 1. The van der Waals surface area contributed by atoms with Crippen molar-refractivity contribution in [2.24, 2.45) is 0 Å². The van der Waals surface area contributed by atoms with E-state index in [1.54, 1.807) is 17.5 Å². The molecule has 1 rings (SSSR count). The predicted molar refractivity (Wildman–Crippen MR) is 45.7 cm³/mol. The fraction of sp³-hybridized carbons (Fsp3) is 0.429. The van der Waals surface area contributed by atoms with Crippen molar-refractivity contribution in [3.8, 4) is 0 Å². The summed E-state index contributed by atoms with van der Waals surface area (Å²) in [7, 11) is 0. The van der Waals surface area contributed by atoms with Crippen molar-refractivity contribution in [2.75, 3.05) is 0 Å². The molecule has 0 aromatic carbocycles. The van der Waals surface area contributed by atoms with Gasteiger partial charge in [-0.15, -0.1) is 11.3 Å². The Morgan fingerprint density at radius 3 is 2.83 bits per heavy atom. The van der Waals surface area contributed by atoms with E-state index in [4.69, 9.17) is 0 Å². The summed E-state index contributed by atoms with van der Waals surface area (Å²) >= 11 is 1.32. The predicted octanol–water partition coefficient (Wildman–Crippen LogP) is 1.45. The maximum Gasteiger partial charge on any atom is 0.240 e. The van der Waals surface area contributed by atoms with Gasteiger partial charge in [0.15, 0.2) is 6.10 Å². The molecule has 1 aromatic rings. The van der Waals surface area contributed by atoms with E-state index in [0.717, 1.165) is 0 Å². The van der Waals surface area contributed by atoms with Gasteiger partial charge in [-0.3, -0.25) is 10.1 Å². The van der Waals surface area contributed by atoms with Crippen LogP contribution in [-0.4, -0.2) is 16.1 Å². The highest BCUT2D eigenvalue weighted by molar-refractivity contribution is 7.10. The average molecular weight is 187 g/mol. The van der Waals surface area contributed by atoms with Gasteiger partial charge in [0.25, 0.3) is 0 Å². The normalized spacial score (nSPS) is 15.5. The van der Waals surface area contributed by atoms with Crippen LogP contribution >= 0.6 is 11.3 Å². The van der Waals surface area contributed by atoms with Crippen LogP contribution in [0.15, 0.2) is 17.5 Å². The van der Waals surface area contributed by atoms with Crippen molar-refractivity contribution in [2.45, 2.75) is 19.1 Å². The van der Waals surface area contributed by atoms with E-state index in [-0.39, 0.29) is 0 Å². The highest BCUT2D eigenvalue weighted by atomic mass is 32.1. The van der Waals surface area contributed by atoms with Crippen molar-refractivity contribution in [3.63, 3.8) is 0 Å². The second-order valence-corrected chi connectivity index (χ2v) is 3.47. The summed E-state index contributed by atoms with van der Waals surface area (Å²) < 4.78 is 0. The van der Waals surface area contributed by atoms with Crippen LogP contribution in [0.25, 0.3) is 0 Å². The van der Waals surface area contributed by atoms with Gasteiger partial charge in [0.1, 0.15) is 0 Å². The Morgan fingerprint density at radius 2 is 2.42 bits per heavy atom.